The van der Waals surface area contributed by atoms with E-state index in [1.807, 2.05) is 77.7 Å². The molecule has 0 bridgehead atoms. The fraction of sp³-hybridized carbons (Fsp3) is 0.231. The molecule has 0 radical (unpaired) electrons. The topological polar surface area (TPSA) is 84.7 Å². The molecule has 0 saturated heterocycles. The van der Waals surface area contributed by atoms with Crippen molar-refractivity contribution in [3.63, 3.8) is 0 Å². The first-order chi connectivity index (χ1) is 15.6. The van der Waals surface area contributed by atoms with Crippen LogP contribution in [0.25, 0.3) is 0 Å². The number of benzene rings is 3. The molecule has 0 aliphatic heterocycles. The molecule has 3 N–H and O–H groups in total. The smallest absolute Gasteiger partial charge is 0.259 e. The van der Waals surface area contributed by atoms with Gasteiger partial charge in [-0.05, 0) is 55.2 Å². The van der Waals surface area contributed by atoms with E-state index < -0.39 is 5.91 Å². The van der Waals surface area contributed by atoms with E-state index in [4.69, 9.17) is 10.5 Å². The van der Waals surface area contributed by atoms with Gasteiger partial charge in [-0.25, -0.2) is 0 Å². The van der Waals surface area contributed by atoms with Gasteiger partial charge in [0.05, 0.1) is 18.2 Å². The monoisotopic (exact) mass is 429 g/mol. The number of para-hydroxylation sites is 1. The van der Waals surface area contributed by atoms with Crippen molar-refractivity contribution in [3.8, 4) is 5.75 Å². The van der Waals surface area contributed by atoms with Crippen molar-refractivity contribution in [1.82, 2.24) is 0 Å². The molecule has 164 valence electrons. The Labute approximate surface area is 188 Å². The number of carbonyl (C=O) groups excluding carboxylic acids is 2. The quantitative estimate of drug-likeness (QED) is 0.529. The molecule has 1 fully saturated rings. The van der Waals surface area contributed by atoms with Gasteiger partial charge in [0.1, 0.15) is 5.75 Å². The van der Waals surface area contributed by atoms with Crippen LogP contribution >= 0.6 is 0 Å². The molecule has 0 atom stereocenters. The zero-order valence-electron chi connectivity index (χ0n) is 17.9. The van der Waals surface area contributed by atoms with E-state index in [0.29, 0.717) is 23.5 Å². The Morgan fingerprint density at radius 1 is 0.969 bits per heavy atom. The fourth-order valence-corrected chi connectivity index (χ4v) is 3.63. The number of hydrogen-bond acceptors (Lipinski definition) is 4. The van der Waals surface area contributed by atoms with E-state index in [0.717, 1.165) is 30.5 Å². The molecule has 3 aromatic carbocycles. The van der Waals surface area contributed by atoms with Gasteiger partial charge < -0.3 is 20.7 Å². The van der Waals surface area contributed by atoms with Crippen LogP contribution in [0.5, 0.6) is 5.75 Å². The predicted molar refractivity (Wildman–Crippen MR) is 126 cm³/mol. The summed E-state index contributed by atoms with van der Waals surface area (Å²) in [7, 11) is 0. The SMILES string of the molecule is NC(=O)CN(Cc1ccccc1)c1cccc(NC(=O)c2ccccc2OC2CCC2)c1. The third-order valence-electron chi connectivity index (χ3n) is 5.51. The molecule has 0 unspecified atom stereocenters. The van der Waals surface area contributed by atoms with E-state index in [1.165, 1.54) is 0 Å². The van der Waals surface area contributed by atoms with Crippen LogP contribution in [0.3, 0.4) is 0 Å². The summed E-state index contributed by atoms with van der Waals surface area (Å²) in [4.78, 5) is 26.6. The molecule has 6 heteroatoms. The summed E-state index contributed by atoms with van der Waals surface area (Å²) in [6.07, 6.45) is 3.40. The summed E-state index contributed by atoms with van der Waals surface area (Å²) in [5.74, 6) is -0.0516. The molecule has 0 heterocycles. The van der Waals surface area contributed by atoms with E-state index in [2.05, 4.69) is 5.32 Å². The number of hydrogen-bond donors (Lipinski definition) is 2. The minimum absolute atomic E-state index is 0.0738. The predicted octanol–water partition coefficient (Wildman–Crippen LogP) is 4.36. The molecule has 1 aliphatic rings. The highest BCUT2D eigenvalue weighted by Gasteiger charge is 2.22. The number of ether oxygens (including phenoxy) is 1. The first-order valence-electron chi connectivity index (χ1n) is 10.8. The zero-order valence-corrected chi connectivity index (χ0v) is 17.9. The fourth-order valence-electron chi connectivity index (χ4n) is 3.63. The van der Waals surface area contributed by atoms with Crippen LogP contribution in [0.4, 0.5) is 11.4 Å². The lowest BCUT2D eigenvalue weighted by Crippen LogP contribution is -2.33. The molecule has 6 nitrogen and oxygen atoms in total. The maximum Gasteiger partial charge on any atom is 0.259 e. The van der Waals surface area contributed by atoms with Crippen molar-refractivity contribution < 1.29 is 14.3 Å². The lowest BCUT2D eigenvalue weighted by Gasteiger charge is -2.27. The Bertz CT molecular complexity index is 1080. The normalized spacial score (nSPS) is 13.1. The van der Waals surface area contributed by atoms with Gasteiger partial charge in [0.15, 0.2) is 0 Å². The van der Waals surface area contributed by atoms with E-state index in [1.54, 1.807) is 6.07 Å². The van der Waals surface area contributed by atoms with Crippen molar-refractivity contribution in [2.24, 2.45) is 5.73 Å². The maximum atomic E-state index is 13.0. The summed E-state index contributed by atoms with van der Waals surface area (Å²) in [5, 5.41) is 2.96. The summed E-state index contributed by atoms with van der Waals surface area (Å²) < 4.78 is 5.99. The van der Waals surface area contributed by atoms with Gasteiger partial charge >= 0.3 is 0 Å². The standard InChI is InChI=1S/C26H27N3O3/c27-25(30)18-29(17-19-8-2-1-3-9-19)21-11-6-10-20(16-21)28-26(31)23-14-4-5-15-24(23)32-22-12-7-13-22/h1-6,8-11,14-16,22H,7,12-13,17-18H2,(H2,27,30)(H,28,31). The summed E-state index contributed by atoms with van der Waals surface area (Å²) in [6, 6.07) is 24.6. The van der Waals surface area contributed by atoms with Gasteiger partial charge in [-0.15, -0.1) is 0 Å². The lowest BCUT2D eigenvalue weighted by molar-refractivity contribution is -0.116. The number of primary amides is 1. The third kappa shape index (κ3) is 5.46. The zero-order chi connectivity index (χ0) is 22.3. The molecule has 1 saturated carbocycles. The molecule has 0 spiro atoms. The summed E-state index contributed by atoms with van der Waals surface area (Å²) in [5.41, 5.74) is 8.48. The van der Waals surface area contributed by atoms with Crippen LogP contribution in [0, 0.1) is 0 Å². The molecule has 0 aromatic heterocycles. The average molecular weight is 430 g/mol. The van der Waals surface area contributed by atoms with Crippen LogP contribution in [-0.2, 0) is 11.3 Å². The van der Waals surface area contributed by atoms with E-state index in [-0.39, 0.29) is 18.6 Å². The molecule has 32 heavy (non-hydrogen) atoms. The highest BCUT2D eigenvalue weighted by Crippen LogP contribution is 2.28. The first kappa shape index (κ1) is 21.4. The van der Waals surface area contributed by atoms with E-state index in [9.17, 15) is 9.59 Å². The number of carbonyl (C=O) groups is 2. The minimum Gasteiger partial charge on any atom is -0.490 e. The Kier molecular flexibility index (Phi) is 6.70. The van der Waals surface area contributed by atoms with Crippen molar-refractivity contribution in [2.75, 3.05) is 16.8 Å². The van der Waals surface area contributed by atoms with Crippen molar-refractivity contribution in [3.05, 3.63) is 90.0 Å². The van der Waals surface area contributed by atoms with Gasteiger partial charge in [-0.1, -0.05) is 48.5 Å². The third-order valence-corrected chi connectivity index (χ3v) is 5.51. The van der Waals surface area contributed by atoms with Crippen LogP contribution in [0.15, 0.2) is 78.9 Å². The number of anilines is 2. The molecular weight excluding hydrogens is 402 g/mol. The van der Waals surface area contributed by atoms with E-state index >= 15 is 0 Å². The van der Waals surface area contributed by atoms with Crippen LogP contribution in [0.1, 0.15) is 35.2 Å². The van der Waals surface area contributed by atoms with Crippen molar-refractivity contribution >= 4 is 23.2 Å². The Hall–Kier alpha value is -3.80. The van der Waals surface area contributed by atoms with Crippen LogP contribution in [0.2, 0.25) is 0 Å². The number of nitrogens with two attached hydrogens (primary N) is 1. The second-order valence-corrected chi connectivity index (χ2v) is 7.98. The Balaban J connectivity index is 1.51. The van der Waals surface area contributed by atoms with Gasteiger partial charge in [-0.3, -0.25) is 9.59 Å². The second-order valence-electron chi connectivity index (χ2n) is 7.98. The van der Waals surface area contributed by atoms with Crippen molar-refractivity contribution in [1.29, 1.82) is 0 Å². The molecule has 3 aromatic rings. The summed E-state index contributed by atoms with van der Waals surface area (Å²) >= 11 is 0. The number of nitrogens with one attached hydrogen (secondary N) is 1. The largest absolute Gasteiger partial charge is 0.490 e. The average Bonchev–Trinajstić information content (AvgIpc) is 2.77. The van der Waals surface area contributed by atoms with Crippen LogP contribution < -0.4 is 20.7 Å². The molecular formula is C26H27N3O3. The number of nitrogens with zero attached hydrogens (tertiary/aromatic N) is 1. The number of rotatable bonds is 9. The Morgan fingerprint density at radius 2 is 1.72 bits per heavy atom. The highest BCUT2D eigenvalue weighted by molar-refractivity contribution is 6.06. The molecule has 4 rings (SSSR count). The van der Waals surface area contributed by atoms with Gasteiger partial charge in [0.2, 0.25) is 5.91 Å². The van der Waals surface area contributed by atoms with Gasteiger partial charge in [0, 0.05) is 17.9 Å². The van der Waals surface area contributed by atoms with Gasteiger partial charge in [0.25, 0.3) is 5.91 Å². The van der Waals surface area contributed by atoms with Crippen LogP contribution in [-0.4, -0.2) is 24.5 Å². The van der Waals surface area contributed by atoms with Gasteiger partial charge in [-0.2, -0.15) is 0 Å². The molecule has 2 amide bonds. The Morgan fingerprint density at radius 3 is 2.44 bits per heavy atom. The highest BCUT2D eigenvalue weighted by atomic mass is 16.5. The van der Waals surface area contributed by atoms with Crippen molar-refractivity contribution in [2.45, 2.75) is 31.9 Å². The molecule has 1 aliphatic carbocycles. The lowest BCUT2D eigenvalue weighted by atomic mass is 9.96. The first-order valence-corrected chi connectivity index (χ1v) is 10.8. The minimum atomic E-state index is -0.419. The summed E-state index contributed by atoms with van der Waals surface area (Å²) in [6.45, 7) is 0.601. The number of amides is 2. The maximum absolute atomic E-state index is 13.0. The second kappa shape index (κ2) is 10.0.